The zero-order valence-electron chi connectivity index (χ0n) is 21.3. The van der Waals surface area contributed by atoms with Crippen molar-refractivity contribution < 1.29 is 9.53 Å². The highest BCUT2D eigenvalue weighted by atomic mass is 35.5. The first-order chi connectivity index (χ1) is 17.8. The van der Waals surface area contributed by atoms with Crippen LogP contribution in [0.3, 0.4) is 0 Å². The molecule has 0 saturated carbocycles. The summed E-state index contributed by atoms with van der Waals surface area (Å²) >= 11 is 6.38. The highest BCUT2D eigenvalue weighted by Crippen LogP contribution is 2.32. The number of fused-ring (bicyclic) bond motifs is 1. The van der Waals surface area contributed by atoms with Gasteiger partial charge in [0.2, 0.25) is 5.95 Å². The van der Waals surface area contributed by atoms with Crippen molar-refractivity contribution in [2.45, 2.75) is 39.2 Å². The SMILES string of the molecule is COc1cc(C(=O)N(C)c2ccc3c(c2)CCC3)ccc1Nc1ncc(Cl)c(-c2ccn(C(C)C)n2)n1. The Labute approximate surface area is 221 Å². The number of hydrogen-bond donors (Lipinski definition) is 1. The molecule has 37 heavy (non-hydrogen) atoms. The van der Waals surface area contributed by atoms with E-state index in [1.807, 2.05) is 23.0 Å². The molecule has 2 heterocycles. The molecule has 5 rings (SSSR count). The normalized spacial score (nSPS) is 12.5. The Hall–Kier alpha value is -3.91. The maximum atomic E-state index is 13.3. The molecule has 4 aromatic rings. The van der Waals surface area contributed by atoms with E-state index < -0.39 is 0 Å². The summed E-state index contributed by atoms with van der Waals surface area (Å²) in [5.74, 6) is 0.720. The van der Waals surface area contributed by atoms with Crippen LogP contribution in [-0.4, -0.2) is 39.8 Å². The van der Waals surface area contributed by atoms with Crippen molar-refractivity contribution in [1.82, 2.24) is 19.7 Å². The van der Waals surface area contributed by atoms with Crippen molar-refractivity contribution in [3.63, 3.8) is 0 Å². The molecular formula is C28H29ClN6O2. The molecule has 190 valence electrons. The van der Waals surface area contributed by atoms with Crippen LogP contribution in [-0.2, 0) is 12.8 Å². The molecule has 0 unspecified atom stereocenters. The first-order valence-electron chi connectivity index (χ1n) is 12.3. The lowest BCUT2D eigenvalue weighted by Crippen LogP contribution is -2.26. The summed E-state index contributed by atoms with van der Waals surface area (Å²) in [6.45, 7) is 4.10. The third kappa shape index (κ3) is 5.02. The number of benzene rings is 2. The molecule has 1 amide bonds. The highest BCUT2D eigenvalue weighted by molar-refractivity contribution is 6.32. The van der Waals surface area contributed by atoms with Gasteiger partial charge in [-0.1, -0.05) is 17.7 Å². The van der Waals surface area contributed by atoms with Crippen LogP contribution < -0.4 is 15.0 Å². The molecule has 1 aliphatic carbocycles. The van der Waals surface area contributed by atoms with E-state index in [1.165, 1.54) is 23.7 Å². The topological polar surface area (TPSA) is 85.2 Å². The van der Waals surface area contributed by atoms with Gasteiger partial charge in [0.15, 0.2) is 0 Å². The number of rotatable bonds is 7. The third-order valence-corrected chi connectivity index (χ3v) is 6.87. The van der Waals surface area contributed by atoms with Crippen LogP contribution in [0, 0.1) is 0 Å². The lowest BCUT2D eigenvalue weighted by atomic mass is 10.1. The molecule has 9 heteroatoms. The van der Waals surface area contributed by atoms with E-state index in [4.69, 9.17) is 16.3 Å². The van der Waals surface area contributed by atoms with Gasteiger partial charge < -0.3 is 15.0 Å². The van der Waals surface area contributed by atoms with E-state index in [0.29, 0.717) is 39.4 Å². The molecule has 0 fully saturated rings. The van der Waals surface area contributed by atoms with Crippen molar-refractivity contribution in [1.29, 1.82) is 0 Å². The predicted octanol–water partition coefficient (Wildman–Crippen LogP) is 6.09. The average Bonchev–Trinajstić information content (AvgIpc) is 3.59. The van der Waals surface area contributed by atoms with Crippen LogP contribution in [0.4, 0.5) is 17.3 Å². The summed E-state index contributed by atoms with van der Waals surface area (Å²) in [6, 6.07) is 13.6. The summed E-state index contributed by atoms with van der Waals surface area (Å²) in [4.78, 5) is 23.8. The Morgan fingerprint density at radius 2 is 1.95 bits per heavy atom. The van der Waals surface area contributed by atoms with Gasteiger partial charge in [0.1, 0.15) is 17.1 Å². The van der Waals surface area contributed by atoms with Crippen LogP contribution in [0.2, 0.25) is 5.02 Å². The van der Waals surface area contributed by atoms with E-state index in [0.717, 1.165) is 18.5 Å². The quantitative estimate of drug-likeness (QED) is 0.320. The van der Waals surface area contributed by atoms with Crippen LogP contribution in [0.1, 0.15) is 47.8 Å². The van der Waals surface area contributed by atoms with Crippen molar-refractivity contribution in [3.8, 4) is 17.1 Å². The van der Waals surface area contributed by atoms with E-state index in [-0.39, 0.29) is 11.9 Å². The number of aromatic nitrogens is 4. The molecule has 0 bridgehead atoms. The first-order valence-corrected chi connectivity index (χ1v) is 12.6. The molecule has 2 aromatic carbocycles. The van der Waals surface area contributed by atoms with Gasteiger partial charge in [0.25, 0.3) is 5.91 Å². The highest BCUT2D eigenvalue weighted by Gasteiger charge is 2.19. The minimum Gasteiger partial charge on any atom is -0.495 e. The van der Waals surface area contributed by atoms with E-state index in [2.05, 4.69) is 46.4 Å². The number of nitrogens with zero attached hydrogens (tertiary/aromatic N) is 5. The molecule has 0 atom stereocenters. The monoisotopic (exact) mass is 516 g/mol. The summed E-state index contributed by atoms with van der Waals surface area (Å²) in [5, 5.41) is 8.15. The Morgan fingerprint density at radius 3 is 2.70 bits per heavy atom. The number of nitrogens with one attached hydrogen (secondary N) is 1. The molecular weight excluding hydrogens is 488 g/mol. The number of amides is 1. The predicted molar refractivity (Wildman–Crippen MR) is 146 cm³/mol. The largest absolute Gasteiger partial charge is 0.495 e. The number of methoxy groups -OCH3 is 1. The summed E-state index contributed by atoms with van der Waals surface area (Å²) < 4.78 is 7.44. The zero-order valence-corrected chi connectivity index (χ0v) is 22.1. The Bertz CT molecular complexity index is 1470. The Balaban J connectivity index is 1.37. The Morgan fingerprint density at radius 1 is 1.14 bits per heavy atom. The van der Waals surface area contributed by atoms with Crippen LogP contribution in [0.25, 0.3) is 11.4 Å². The molecule has 8 nitrogen and oxygen atoms in total. The van der Waals surface area contributed by atoms with E-state index in [1.54, 1.807) is 37.3 Å². The van der Waals surface area contributed by atoms with Gasteiger partial charge in [-0.25, -0.2) is 9.97 Å². The standard InChI is InChI=1S/C28H29ClN6O2/c1-17(2)35-13-12-24(33-35)26-22(29)16-30-28(32-26)31-23-11-9-20(15-25(23)37-4)27(36)34(3)21-10-8-18-6-5-7-19(18)14-21/h8-17H,5-7H2,1-4H3,(H,30,31,32). The number of carbonyl (C=O) groups is 1. The van der Waals surface area contributed by atoms with Crippen LogP contribution in [0.15, 0.2) is 54.9 Å². The van der Waals surface area contributed by atoms with Crippen LogP contribution >= 0.6 is 11.6 Å². The maximum absolute atomic E-state index is 13.3. The number of aryl methyl sites for hydroxylation is 2. The number of ether oxygens (including phenoxy) is 1. The molecule has 0 radical (unpaired) electrons. The second-order valence-corrected chi connectivity index (χ2v) is 9.78. The van der Waals surface area contributed by atoms with Gasteiger partial charge in [-0.05, 0) is 80.6 Å². The van der Waals surface area contributed by atoms with Crippen molar-refractivity contribution >= 4 is 34.8 Å². The summed E-state index contributed by atoms with van der Waals surface area (Å²) in [6.07, 6.45) is 6.77. The van der Waals surface area contributed by atoms with Gasteiger partial charge in [0, 0.05) is 30.5 Å². The summed E-state index contributed by atoms with van der Waals surface area (Å²) in [5.41, 5.74) is 5.92. The minimum absolute atomic E-state index is 0.117. The second kappa shape index (κ2) is 10.2. The summed E-state index contributed by atoms with van der Waals surface area (Å²) in [7, 11) is 3.35. The molecule has 1 aliphatic rings. The van der Waals surface area contributed by atoms with Gasteiger partial charge in [0.05, 0.1) is 24.0 Å². The second-order valence-electron chi connectivity index (χ2n) is 9.38. The third-order valence-electron chi connectivity index (χ3n) is 6.59. The van der Waals surface area contributed by atoms with Crippen molar-refractivity contribution in [2.75, 3.05) is 24.4 Å². The van der Waals surface area contributed by atoms with E-state index in [9.17, 15) is 4.79 Å². The van der Waals surface area contributed by atoms with Crippen molar-refractivity contribution in [2.24, 2.45) is 0 Å². The number of halogens is 1. The molecule has 0 aliphatic heterocycles. The van der Waals surface area contributed by atoms with E-state index >= 15 is 0 Å². The smallest absolute Gasteiger partial charge is 0.258 e. The van der Waals surface area contributed by atoms with Gasteiger partial charge in [-0.15, -0.1) is 0 Å². The number of hydrogen-bond acceptors (Lipinski definition) is 6. The number of carbonyl (C=O) groups excluding carboxylic acids is 1. The molecule has 1 N–H and O–H groups in total. The van der Waals surface area contributed by atoms with Crippen LogP contribution in [0.5, 0.6) is 5.75 Å². The lowest BCUT2D eigenvalue weighted by molar-refractivity contribution is 0.0992. The Kier molecular flexibility index (Phi) is 6.84. The van der Waals surface area contributed by atoms with Gasteiger partial charge in [-0.3, -0.25) is 9.48 Å². The first kappa shape index (κ1) is 24.8. The van der Waals surface area contributed by atoms with Gasteiger partial charge in [-0.2, -0.15) is 5.10 Å². The molecule has 2 aromatic heterocycles. The maximum Gasteiger partial charge on any atom is 0.258 e. The fourth-order valence-electron chi connectivity index (χ4n) is 4.48. The average molecular weight is 517 g/mol. The molecule has 0 saturated heterocycles. The number of anilines is 3. The fraction of sp³-hybridized carbons (Fsp3) is 0.286. The minimum atomic E-state index is -0.117. The molecule has 0 spiro atoms. The van der Waals surface area contributed by atoms with Crippen molar-refractivity contribution in [3.05, 3.63) is 76.6 Å². The lowest BCUT2D eigenvalue weighted by Gasteiger charge is -2.19. The van der Waals surface area contributed by atoms with Gasteiger partial charge >= 0.3 is 0 Å². The zero-order chi connectivity index (χ0) is 26.1. The fourth-order valence-corrected chi connectivity index (χ4v) is 4.67.